The zero-order valence-corrected chi connectivity index (χ0v) is 12.2. The van der Waals surface area contributed by atoms with Crippen LogP contribution in [0.2, 0.25) is 5.02 Å². The third-order valence-corrected chi connectivity index (χ3v) is 3.57. The third kappa shape index (κ3) is 3.49. The molecule has 0 aliphatic heterocycles. The van der Waals surface area contributed by atoms with Gasteiger partial charge in [0.2, 0.25) is 0 Å². The number of hydrogen-bond acceptors (Lipinski definition) is 2. The van der Waals surface area contributed by atoms with Crippen molar-refractivity contribution in [2.75, 3.05) is 5.32 Å². The lowest BCUT2D eigenvalue weighted by Crippen LogP contribution is -2.07. The predicted octanol–water partition coefficient (Wildman–Crippen LogP) is 4.41. The highest BCUT2D eigenvalue weighted by molar-refractivity contribution is 9.10. The Labute approximate surface area is 124 Å². The lowest BCUT2D eigenvalue weighted by atomic mass is 10.1. The Bertz CT molecular complexity index is 616. The molecule has 2 N–H and O–H groups in total. The highest BCUT2D eigenvalue weighted by Crippen LogP contribution is 2.26. The summed E-state index contributed by atoms with van der Waals surface area (Å²) < 4.78 is 0.879. The first-order chi connectivity index (χ1) is 9.08. The fourth-order valence-electron chi connectivity index (χ4n) is 1.71. The summed E-state index contributed by atoms with van der Waals surface area (Å²) in [7, 11) is 0. The fourth-order valence-corrected chi connectivity index (χ4v) is 2.27. The molecule has 0 aliphatic rings. The van der Waals surface area contributed by atoms with Crippen molar-refractivity contribution in [1.29, 1.82) is 0 Å². The van der Waals surface area contributed by atoms with E-state index < -0.39 is 5.97 Å². The van der Waals surface area contributed by atoms with Gasteiger partial charge in [-0.1, -0.05) is 29.8 Å². The van der Waals surface area contributed by atoms with Crippen molar-refractivity contribution in [2.24, 2.45) is 0 Å². The molecule has 0 radical (unpaired) electrons. The van der Waals surface area contributed by atoms with Crippen LogP contribution in [-0.2, 0) is 6.54 Å². The van der Waals surface area contributed by atoms with Gasteiger partial charge in [-0.25, -0.2) is 4.79 Å². The van der Waals surface area contributed by atoms with Crippen LogP contribution in [0.1, 0.15) is 15.9 Å². The topological polar surface area (TPSA) is 49.3 Å². The molecule has 0 amide bonds. The number of aromatic carboxylic acids is 1. The van der Waals surface area contributed by atoms with Crippen molar-refractivity contribution in [3.05, 3.63) is 63.1 Å². The van der Waals surface area contributed by atoms with Crippen molar-refractivity contribution in [3.63, 3.8) is 0 Å². The molecule has 0 fully saturated rings. The number of anilines is 1. The van der Waals surface area contributed by atoms with Gasteiger partial charge in [0.15, 0.2) is 0 Å². The smallest absolute Gasteiger partial charge is 0.336 e. The molecule has 2 aromatic rings. The Morgan fingerprint density at radius 2 is 2.00 bits per heavy atom. The molecule has 0 bridgehead atoms. The van der Waals surface area contributed by atoms with E-state index in [1.165, 1.54) is 0 Å². The second-order valence-electron chi connectivity index (χ2n) is 3.94. The average Bonchev–Trinajstić information content (AvgIpc) is 2.40. The molecule has 0 atom stereocenters. The monoisotopic (exact) mass is 339 g/mol. The molecular formula is C14H11BrClNO2. The molecule has 0 heterocycles. The van der Waals surface area contributed by atoms with E-state index in [4.69, 9.17) is 16.7 Å². The second-order valence-corrected chi connectivity index (χ2v) is 5.23. The van der Waals surface area contributed by atoms with Crippen LogP contribution in [0, 0.1) is 0 Å². The van der Waals surface area contributed by atoms with E-state index in [2.05, 4.69) is 21.2 Å². The van der Waals surface area contributed by atoms with Gasteiger partial charge in [-0.3, -0.25) is 0 Å². The first-order valence-electron chi connectivity index (χ1n) is 5.58. The molecule has 2 rings (SSSR count). The minimum Gasteiger partial charge on any atom is -0.478 e. The number of halogens is 2. The summed E-state index contributed by atoms with van der Waals surface area (Å²) in [5.74, 6) is -0.928. The van der Waals surface area contributed by atoms with Crippen LogP contribution in [0.15, 0.2) is 46.9 Å². The summed E-state index contributed by atoms with van der Waals surface area (Å²) in [6.07, 6.45) is 0. The van der Waals surface area contributed by atoms with Gasteiger partial charge in [-0.2, -0.15) is 0 Å². The van der Waals surface area contributed by atoms with Crippen LogP contribution in [-0.4, -0.2) is 11.1 Å². The molecule has 3 nitrogen and oxygen atoms in total. The van der Waals surface area contributed by atoms with Gasteiger partial charge in [0, 0.05) is 16.0 Å². The highest BCUT2D eigenvalue weighted by atomic mass is 79.9. The first kappa shape index (κ1) is 13.9. The van der Waals surface area contributed by atoms with E-state index in [1.807, 2.05) is 12.1 Å². The van der Waals surface area contributed by atoms with Crippen LogP contribution >= 0.6 is 27.5 Å². The maximum absolute atomic E-state index is 11.1. The maximum Gasteiger partial charge on any atom is 0.336 e. The van der Waals surface area contributed by atoms with Gasteiger partial charge >= 0.3 is 5.97 Å². The standard InChI is InChI=1S/C14H11BrClNO2/c15-12-6-5-10(16)7-13(12)17-8-9-3-1-2-4-11(9)14(18)19/h1-7,17H,8H2,(H,18,19). The van der Waals surface area contributed by atoms with Gasteiger partial charge in [0.1, 0.15) is 0 Å². The molecule has 19 heavy (non-hydrogen) atoms. The summed E-state index contributed by atoms with van der Waals surface area (Å²) in [5.41, 5.74) is 1.85. The second kappa shape index (κ2) is 6.08. The number of nitrogens with one attached hydrogen (secondary N) is 1. The molecule has 0 saturated heterocycles. The van der Waals surface area contributed by atoms with Crippen molar-refractivity contribution in [1.82, 2.24) is 0 Å². The normalized spacial score (nSPS) is 10.2. The number of carboxylic acids is 1. The number of rotatable bonds is 4. The lowest BCUT2D eigenvalue weighted by molar-refractivity contribution is 0.0696. The van der Waals surface area contributed by atoms with Gasteiger partial charge in [0.05, 0.1) is 11.3 Å². The zero-order valence-electron chi connectivity index (χ0n) is 9.86. The Kier molecular flexibility index (Phi) is 4.45. The van der Waals surface area contributed by atoms with Crippen LogP contribution in [0.3, 0.4) is 0 Å². The lowest BCUT2D eigenvalue weighted by Gasteiger charge is -2.11. The van der Waals surface area contributed by atoms with Crippen molar-refractivity contribution < 1.29 is 9.90 Å². The summed E-state index contributed by atoms with van der Waals surface area (Å²) in [5, 5.41) is 12.9. The van der Waals surface area contributed by atoms with Gasteiger partial charge in [-0.15, -0.1) is 0 Å². The molecule has 98 valence electrons. The van der Waals surface area contributed by atoms with Crippen LogP contribution in [0.25, 0.3) is 0 Å². The molecule has 0 aromatic heterocycles. The van der Waals surface area contributed by atoms with Crippen molar-refractivity contribution >= 4 is 39.2 Å². The Morgan fingerprint density at radius 1 is 1.26 bits per heavy atom. The van der Waals surface area contributed by atoms with Crippen molar-refractivity contribution in [2.45, 2.75) is 6.54 Å². The summed E-state index contributed by atoms with van der Waals surface area (Å²) in [4.78, 5) is 11.1. The molecule has 5 heteroatoms. The molecular weight excluding hydrogens is 330 g/mol. The predicted molar refractivity (Wildman–Crippen MR) is 79.9 cm³/mol. The minimum atomic E-state index is -0.928. The number of hydrogen-bond donors (Lipinski definition) is 2. The zero-order chi connectivity index (χ0) is 13.8. The number of carbonyl (C=O) groups is 1. The van der Waals surface area contributed by atoms with E-state index >= 15 is 0 Å². The van der Waals surface area contributed by atoms with Crippen LogP contribution < -0.4 is 5.32 Å². The molecule has 0 saturated carbocycles. The molecule has 0 unspecified atom stereocenters. The average molecular weight is 341 g/mol. The SMILES string of the molecule is O=C(O)c1ccccc1CNc1cc(Cl)ccc1Br. The summed E-state index contributed by atoms with van der Waals surface area (Å²) >= 11 is 9.34. The fraction of sp³-hybridized carbons (Fsp3) is 0.0714. The number of benzene rings is 2. The first-order valence-corrected chi connectivity index (χ1v) is 6.75. The quantitative estimate of drug-likeness (QED) is 0.866. The molecule has 0 aliphatic carbocycles. The summed E-state index contributed by atoms with van der Waals surface area (Å²) in [6.45, 7) is 0.418. The molecule has 2 aromatic carbocycles. The van der Waals surface area contributed by atoms with Crippen LogP contribution in [0.4, 0.5) is 5.69 Å². The Hall–Kier alpha value is -1.52. The Morgan fingerprint density at radius 3 is 2.74 bits per heavy atom. The van der Waals surface area contributed by atoms with E-state index in [0.717, 1.165) is 15.7 Å². The van der Waals surface area contributed by atoms with Crippen LogP contribution in [0.5, 0.6) is 0 Å². The van der Waals surface area contributed by atoms with Gasteiger partial charge in [0.25, 0.3) is 0 Å². The number of carboxylic acid groups (broad SMARTS) is 1. The van der Waals surface area contributed by atoms with Gasteiger partial charge < -0.3 is 10.4 Å². The van der Waals surface area contributed by atoms with E-state index in [0.29, 0.717) is 17.1 Å². The van der Waals surface area contributed by atoms with E-state index in [1.54, 1.807) is 30.3 Å². The van der Waals surface area contributed by atoms with Crippen molar-refractivity contribution in [3.8, 4) is 0 Å². The Balaban J connectivity index is 2.19. The van der Waals surface area contributed by atoms with E-state index in [-0.39, 0.29) is 0 Å². The largest absolute Gasteiger partial charge is 0.478 e. The summed E-state index contributed by atoms with van der Waals surface area (Å²) in [6, 6.07) is 12.3. The molecule has 0 spiro atoms. The highest BCUT2D eigenvalue weighted by Gasteiger charge is 2.09. The van der Waals surface area contributed by atoms with E-state index in [9.17, 15) is 4.79 Å². The maximum atomic E-state index is 11.1. The minimum absolute atomic E-state index is 0.299. The van der Waals surface area contributed by atoms with Gasteiger partial charge in [-0.05, 0) is 45.8 Å². The third-order valence-electron chi connectivity index (χ3n) is 2.65.